The Hall–Kier alpha value is -1.70. The molecular formula is C9H9F2NO4S. The van der Waals surface area contributed by atoms with E-state index in [2.05, 4.69) is 0 Å². The zero-order chi connectivity index (χ0) is 13.2. The molecule has 1 aromatic rings. The molecule has 17 heavy (non-hydrogen) atoms. The van der Waals surface area contributed by atoms with Gasteiger partial charge in [0, 0.05) is 12.7 Å². The van der Waals surface area contributed by atoms with Crippen molar-refractivity contribution in [2.75, 3.05) is 11.9 Å². The first-order valence-corrected chi connectivity index (χ1v) is 5.90. The lowest BCUT2D eigenvalue weighted by atomic mass is 10.3. The summed E-state index contributed by atoms with van der Waals surface area (Å²) in [4.78, 5) is 10.9. The summed E-state index contributed by atoms with van der Waals surface area (Å²) in [6.07, 6.45) is -1.24. The summed E-state index contributed by atoms with van der Waals surface area (Å²) in [6.45, 7) is 0. The standard InChI is InChI=1S/C9H9F2NO4S/c1-12(9(13)14)6-2-4-7(5-3-6)17(15,16)8(10)11/h2-5,8H,1H3,(H,13,14). The van der Waals surface area contributed by atoms with Gasteiger partial charge in [-0.3, -0.25) is 4.90 Å². The number of rotatable bonds is 3. The van der Waals surface area contributed by atoms with Crippen LogP contribution in [0.15, 0.2) is 29.2 Å². The minimum absolute atomic E-state index is 0.186. The average Bonchev–Trinajstić information content (AvgIpc) is 2.27. The molecule has 0 saturated carbocycles. The maximum atomic E-state index is 12.2. The van der Waals surface area contributed by atoms with Gasteiger partial charge in [-0.15, -0.1) is 0 Å². The Morgan fingerprint density at radius 2 is 1.76 bits per heavy atom. The Labute approximate surface area is 96.2 Å². The molecule has 1 amide bonds. The SMILES string of the molecule is CN(C(=O)O)c1ccc(S(=O)(=O)C(F)F)cc1. The molecule has 94 valence electrons. The Morgan fingerprint density at radius 1 is 1.29 bits per heavy atom. The van der Waals surface area contributed by atoms with Crippen LogP contribution in [-0.4, -0.2) is 32.4 Å². The fourth-order valence-corrected chi connectivity index (χ4v) is 1.79. The number of hydrogen-bond donors (Lipinski definition) is 1. The summed E-state index contributed by atoms with van der Waals surface area (Å²) in [7, 11) is -3.39. The van der Waals surface area contributed by atoms with Crippen LogP contribution in [0.3, 0.4) is 0 Å². The summed E-state index contributed by atoms with van der Waals surface area (Å²) in [5.41, 5.74) is 0.186. The molecule has 0 bridgehead atoms. The van der Waals surface area contributed by atoms with Crippen LogP contribution in [0.25, 0.3) is 0 Å². The van der Waals surface area contributed by atoms with Crippen LogP contribution in [0.2, 0.25) is 0 Å². The maximum absolute atomic E-state index is 12.2. The van der Waals surface area contributed by atoms with Crippen molar-refractivity contribution in [3.05, 3.63) is 24.3 Å². The smallest absolute Gasteiger partial charge is 0.411 e. The predicted molar refractivity (Wildman–Crippen MR) is 56.1 cm³/mol. The van der Waals surface area contributed by atoms with E-state index in [1.165, 1.54) is 7.05 Å². The second kappa shape index (κ2) is 4.66. The van der Waals surface area contributed by atoms with Crippen LogP contribution in [0, 0.1) is 0 Å². The number of amides is 1. The maximum Gasteiger partial charge on any atom is 0.411 e. The first kappa shape index (κ1) is 13.4. The molecule has 0 atom stereocenters. The number of anilines is 1. The zero-order valence-corrected chi connectivity index (χ0v) is 9.49. The van der Waals surface area contributed by atoms with Crippen molar-refractivity contribution in [3.63, 3.8) is 0 Å². The molecule has 0 aromatic heterocycles. The first-order chi connectivity index (χ1) is 7.76. The van der Waals surface area contributed by atoms with Gasteiger partial charge in [0.1, 0.15) is 0 Å². The van der Waals surface area contributed by atoms with Gasteiger partial charge < -0.3 is 5.11 Å². The molecule has 0 saturated heterocycles. The quantitative estimate of drug-likeness (QED) is 0.904. The Bertz CT molecular complexity index is 512. The number of carbonyl (C=O) groups is 1. The number of nitrogens with zero attached hydrogens (tertiary/aromatic N) is 1. The van der Waals surface area contributed by atoms with Crippen molar-refractivity contribution in [3.8, 4) is 0 Å². The largest absolute Gasteiger partial charge is 0.465 e. The molecule has 0 spiro atoms. The Kier molecular flexibility index (Phi) is 3.66. The Balaban J connectivity index is 3.09. The summed E-state index contributed by atoms with van der Waals surface area (Å²) in [5.74, 6) is -3.49. The van der Waals surface area contributed by atoms with Gasteiger partial charge in [-0.2, -0.15) is 8.78 Å². The molecule has 0 heterocycles. The molecule has 1 N–H and O–H groups in total. The van der Waals surface area contributed by atoms with Gasteiger partial charge in [0.15, 0.2) is 0 Å². The first-order valence-electron chi connectivity index (χ1n) is 4.35. The molecule has 0 aliphatic rings. The fourth-order valence-electron chi connectivity index (χ4n) is 1.07. The van der Waals surface area contributed by atoms with Crippen LogP contribution >= 0.6 is 0 Å². The van der Waals surface area contributed by atoms with Gasteiger partial charge in [0.05, 0.1) is 4.90 Å². The lowest BCUT2D eigenvalue weighted by Crippen LogP contribution is -2.23. The summed E-state index contributed by atoms with van der Waals surface area (Å²) in [6, 6.07) is 4.17. The number of benzene rings is 1. The van der Waals surface area contributed by atoms with Crippen molar-refractivity contribution in [1.29, 1.82) is 0 Å². The molecule has 0 radical (unpaired) electrons. The van der Waals surface area contributed by atoms with E-state index in [0.29, 0.717) is 0 Å². The molecule has 0 aliphatic heterocycles. The minimum Gasteiger partial charge on any atom is -0.465 e. The monoisotopic (exact) mass is 265 g/mol. The van der Waals surface area contributed by atoms with Gasteiger partial charge in [0.25, 0.3) is 0 Å². The van der Waals surface area contributed by atoms with E-state index in [0.717, 1.165) is 29.2 Å². The third-order valence-corrected chi connectivity index (χ3v) is 3.47. The van der Waals surface area contributed by atoms with Gasteiger partial charge in [-0.05, 0) is 24.3 Å². The molecular weight excluding hydrogens is 256 g/mol. The van der Waals surface area contributed by atoms with E-state index in [1.54, 1.807) is 0 Å². The van der Waals surface area contributed by atoms with Gasteiger partial charge in [-0.1, -0.05) is 0 Å². The molecule has 0 fully saturated rings. The molecule has 1 rings (SSSR count). The van der Waals surface area contributed by atoms with E-state index in [1.807, 2.05) is 0 Å². The predicted octanol–water partition coefficient (Wildman–Crippen LogP) is 1.80. The van der Waals surface area contributed by atoms with E-state index in [9.17, 15) is 22.0 Å². The zero-order valence-electron chi connectivity index (χ0n) is 8.67. The fraction of sp³-hybridized carbons (Fsp3) is 0.222. The van der Waals surface area contributed by atoms with Gasteiger partial charge in [-0.25, -0.2) is 13.2 Å². The van der Waals surface area contributed by atoms with Crippen LogP contribution in [0.1, 0.15) is 0 Å². The number of sulfone groups is 1. The highest BCUT2D eigenvalue weighted by Gasteiger charge is 2.26. The summed E-state index contributed by atoms with van der Waals surface area (Å²) >= 11 is 0. The van der Waals surface area contributed by atoms with E-state index in [4.69, 9.17) is 5.11 Å². The number of halogens is 2. The Morgan fingerprint density at radius 3 is 2.12 bits per heavy atom. The lowest BCUT2D eigenvalue weighted by molar-refractivity contribution is 0.203. The molecule has 8 heteroatoms. The number of alkyl halides is 2. The second-order valence-electron chi connectivity index (χ2n) is 3.14. The van der Waals surface area contributed by atoms with Crippen molar-refractivity contribution >= 4 is 21.6 Å². The minimum atomic E-state index is -4.64. The second-order valence-corrected chi connectivity index (χ2v) is 5.06. The van der Waals surface area contributed by atoms with Crippen LogP contribution in [0.5, 0.6) is 0 Å². The van der Waals surface area contributed by atoms with Gasteiger partial charge >= 0.3 is 11.9 Å². The van der Waals surface area contributed by atoms with Crippen molar-refractivity contribution < 1.29 is 27.1 Å². The van der Waals surface area contributed by atoms with Crippen molar-refractivity contribution in [2.45, 2.75) is 10.7 Å². The number of carboxylic acid groups (broad SMARTS) is 1. The van der Waals surface area contributed by atoms with E-state index < -0.39 is 26.6 Å². The third kappa shape index (κ3) is 2.70. The highest BCUT2D eigenvalue weighted by Crippen LogP contribution is 2.21. The van der Waals surface area contributed by atoms with Crippen molar-refractivity contribution in [1.82, 2.24) is 0 Å². The molecule has 0 aliphatic carbocycles. The lowest BCUT2D eigenvalue weighted by Gasteiger charge is -2.13. The summed E-state index contributed by atoms with van der Waals surface area (Å²) in [5, 5.41) is 8.64. The summed E-state index contributed by atoms with van der Waals surface area (Å²) < 4.78 is 46.5. The highest BCUT2D eigenvalue weighted by atomic mass is 32.2. The average molecular weight is 265 g/mol. The van der Waals surface area contributed by atoms with Gasteiger partial charge in [0.2, 0.25) is 9.84 Å². The highest BCUT2D eigenvalue weighted by molar-refractivity contribution is 7.91. The third-order valence-electron chi connectivity index (χ3n) is 2.07. The van der Waals surface area contributed by atoms with E-state index in [-0.39, 0.29) is 5.69 Å². The van der Waals surface area contributed by atoms with Crippen molar-refractivity contribution in [2.24, 2.45) is 0 Å². The topological polar surface area (TPSA) is 74.7 Å². The van der Waals surface area contributed by atoms with Crippen LogP contribution in [0.4, 0.5) is 19.3 Å². The molecule has 5 nitrogen and oxygen atoms in total. The normalized spacial score (nSPS) is 11.5. The van der Waals surface area contributed by atoms with E-state index >= 15 is 0 Å². The van der Waals surface area contributed by atoms with Crippen LogP contribution in [-0.2, 0) is 9.84 Å². The van der Waals surface area contributed by atoms with Crippen LogP contribution < -0.4 is 4.90 Å². The molecule has 1 aromatic carbocycles. The number of hydrogen-bond acceptors (Lipinski definition) is 3. The molecule has 0 unspecified atom stereocenters.